The van der Waals surface area contributed by atoms with Gasteiger partial charge < -0.3 is 11.3 Å². The number of hydrogen-bond donors (Lipinski definition) is 2. The SMILES string of the molecule is CC1(C)CC(O)CC(C)(C)N1Cc1ccccc1.N. The fraction of sp³-hybridized carbons (Fsp3) is 0.625. The van der Waals surface area contributed by atoms with Crippen molar-refractivity contribution >= 4 is 0 Å². The van der Waals surface area contributed by atoms with Gasteiger partial charge in [-0.15, -0.1) is 0 Å². The number of nitrogens with zero attached hydrogens (tertiary/aromatic N) is 1. The topological polar surface area (TPSA) is 58.5 Å². The second-order valence-corrected chi connectivity index (χ2v) is 6.76. The molecule has 0 unspecified atom stereocenters. The fourth-order valence-electron chi connectivity index (χ4n) is 3.46. The number of benzene rings is 1. The van der Waals surface area contributed by atoms with Crippen LogP contribution in [0.1, 0.15) is 46.1 Å². The molecule has 0 atom stereocenters. The van der Waals surface area contributed by atoms with Crippen molar-refractivity contribution in [2.24, 2.45) is 0 Å². The Hall–Kier alpha value is -0.900. The summed E-state index contributed by atoms with van der Waals surface area (Å²) in [5.41, 5.74) is 1.42. The first-order chi connectivity index (χ1) is 8.31. The Kier molecular flexibility index (Phi) is 4.77. The maximum Gasteiger partial charge on any atom is 0.0575 e. The lowest BCUT2D eigenvalue weighted by atomic mass is 9.78. The quantitative estimate of drug-likeness (QED) is 0.861. The van der Waals surface area contributed by atoms with E-state index in [1.54, 1.807) is 0 Å². The van der Waals surface area contributed by atoms with E-state index in [1.807, 2.05) is 0 Å². The molecule has 108 valence electrons. The molecule has 1 aliphatic rings. The number of piperidine rings is 1. The highest BCUT2D eigenvalue weighted by molar-refractivity contribution is 5.16. The van der Waals surface area contributed by atoms with Crippen LogP contribution < -0.4 is 6.15 Å². The van der Waals surface area contributed by atoms with Crippen molar-refractivity contribution in [1.82, 2.24) is 11.1 Å². The van der Waals surface area contributed by atoms with Gasteiger partial charge in [0.05, 0.1) is 6.10 Å². The van der Waals surface area contributed by atoms with Crippen molar-refractivity contribution in [2.45, 2.75) is 64.3 Å². The molecule has 3 nitrogen and oxygen atoms in total. The minimum Gasteiger partial charge on any atom is -0.393 e. The molecule has 0 aromatic heterocycles. The Bertz CT molecular complexity index is 382. The molecule has 0 spiro atoms. The van der Waals surface area contributed by atoms with Crippen LogP contribution in [0, 0.1) is 0 Å². The van der Waals surface area contributed by atoms with Gasteiger partial charge in [-0.25, -0.2) is 0 Å². The van der Waals surface area contributed by atoms with Crippen LogP contribution in [0.15, 0.2) is 30.3 Å². The highest BCUT2D eigenvalue weighted by Crippen LogP contribution is 2.39. The minimum absolute atomic E-state index is 0. The number of aliphatic hydroxyl groups excluding tert-OH is 1. The van der Waals surface area contributed by atoms with Crippen LogP contribution in [0.3, 0.4) is 0 Å². The molecule has 0 aliphatic carbocycles. The Morgan fingerprint density at radius 1 is 1.05 bits per heavy atom. The van der Waals surface area contributed by atoms with Crippen LogP contribution in [-0.4, -0.2) is 27.2 Å². The average Bonchev–Trinajstić information content (AvgIpc) is 2.23. The van der Waals surface area contributed by atoms with E-state index in [-0.39, 0.29) is 23.3 Å². The molecule has 1 fully saturated rings. The standard InChI is InChI=1S/C16H25NO.H3N/c1-15(2)10-14(18)11-16(3,4)17(15)12-13-8-6-5-7-9-13;/h5-9,14,18H,10-12H2,1-4H3;1H3. The zero-order valence-corrected chi connectivity index (χ0v) is 12.7. The minimum atomic E-state index is -0.179. The van der Waals surface area contributed by atoms with Gasteiger partial charge in [0.15, 0.2) is 0 Å². The summed E-state index contributed by atoms with van der Waals surface area (Å²) >= 11 is 0. The Balaban J connectivity index is 0.00000180. The zero-order valence-electron chi connectivity index (χ0n) is 12.7. The zero-order chi connectivity index (χ0) is 13.4. The molecule has 0 amide bonds. The third kappa shape index (κ3) is 3.56. The van der Waals surface area contributed by atoms with Gasteiger partial charge in [0.2, 0.25) is 0 Å². The molecule has 1 heterocycles. The first kappa shape index (κ1) is 16.2. The molecule has 0 saturated carbocycles. The summed E-state index contributed by atoms with van der Waals surface area (Å²) in [7, 11) is 0. The number of rotatable bonds is 2. The molecular weight excluding hydrogens is 236 g/mol. The summed E-state index contributed by atoms with van der Waals surface area (Å²) < 4.78 is 0. The van der Waals surface area contributed by atoms with Crippen molar-refractivity contribution in [1.29, 1.82) is 0 Å². The second kappa shape index (κ2) is 5.61. The van der Waals surface area contributed by atoms with Crippen LogP contribution in [0.2, 0.25) is 0 Å². The van der Waals surface area contributed by atoms with E-state index in [0.717, 1.165) is 19.4 Å². The molecule has 1 saturated heterocycles. The first-order valence-electron chi connectivity index (χ1n) is 6.81. The van der Waals surface area contributed by atoms with Crippen LogP contribution in [-0.2, 0) is 6.54 Å². The lowest BCUT2D eigenvalue weighted by molar-refractivity contribution is -0.0860. The maximum atomic E-state index is 10.0. The van der Waals surface area contributed by atoms with E-state index in [2.05, 4.69) is 62.9 Å². The second-order valence-electron chi connectivity index (χ2n) is 6.76. The summed E-state index contributed by atoms with van der Waals surface area (Å²) in [5, 5.41) is 10.0. The van der Waals surface area contributed by atoms with Gasteiger partial charge in [-0.3, -0.25) is 4.90 Å². The molecule has 19 heavy (non-hydrogen) atoms. The number of hydrogen-bond acceptors (Lipinski definition) is 3. The molecule has 2 rings (SSSR count). The molecular formula is C16H28N2O. The summed E-state index contributed by atoms with van der Waals surface area (Å²) in [6, 6.07) is 10.6. The van der Waals surface area contributed by atoms with Gasteiger partial charge in [-0.05, 0) is 46.1 Å². The van der Waals surface area contributed by atoms with Crippen LogP contribution >= 0.6 is 0 Å². The van der Waals surface area contributed by atoms with Crippen LogP contribution in [0.25, 0.3) is 0 Å². The van der Waals surface area contributed by atoms with Crippen molar-refractivity contribution < 1.29 is 5.11 Å². The van der Waals surface area contributed by atoms with Crippen molar-refractivity contribution in [3.8, 4) is 0 Å². The van der Waals surface area contributed by atoms with E-state index in [9.17, 15) is 5.11 Å². The lowest BCUT2D eigenvalue weighted by Crippen LogP contribution is -2.61. The molecule has 0 radical (unpaired) electrons. The predicted octanol–water partition coefficient (Wildman–Crippen LogP) is 3.36. The van der Waals surface area contributed by atoms with Crippen molar-refractivity contribution in [3.05, 3.63) is 35.9 Å². The third-order valence-electron chi connectivity index (χ3n) is 4.12. The van der Waals surface area contributed by atoms with Gasteiger partial charge in [0.25, 0.3) is 0 Å². The Morgan fingerprint density at radius 2 is 1.53 bits per heavy atom. The van der Waals surface area contributed by atoms with E-state index in [4.69, 9.17) is 0 Å². The molecule has 1 aromatic rings. The van der Waals surface area contributed by atoms with Gasteiger partial charge in [0.1, 0.15) is 0 Å². The first-order valence-corrected chi connectivity index (χ1v) is 6.81. The van der Waals surface area contributed by atoms with Gasteiger partial charge >= 0.3 is 0 Å². The third-order valence-corrected chi connectivity index (χ3v) is 4.12. The van der Waals surface area contributed by atoms with Gasteiger partial charge in [-0.2, -0.15) is 0 Å². The fourth-order valence-corrected chi connectivity index (χ4v) is 3.46. The summed E-state index contributed by atoms with van der Waals surface area (Å²) in [4.78, 5) is 2.53. The van der Waals surface area contributed by atoms with Gasteiger partial charge in [-0.1, -0.05) is 30.3 Å². The van der Waals surface area contributed by atoms with Crippen LogP contribution in [0.5, 0.6) is 0 Å². The summed E-state index contributed by atoms with van der Waals surface area (Å²) in [6.07, 6.45) is 1.52. The predicted molar refractivity (Wildman–Crippen MR) is 80.4 cm³/mol. The van der Waals surface area contributed by atoms with Gasteiger partial charge in [0, 0.05) is 17.6 Å². The van der Waals surface area contributed by atoms with Crippen LogP contribution in [0.4, 0.5) is 0 Å². The van der Waals surface area contributed by atoms with E-state index < -0.39 is 0 Å². The number of likely N-dealkylation sites (tertiary alicyclic amines) is 1. The highest BCUT2D eigenvalue weighted by Gasteiger charge is 2.44. The molecule has 1 aliphatic heterocycles. The lowest BCUT2D eigenvalue weighted by Gasteiger charge is -2.54. The Morgan fingerprint density at radius 3 is 2.00 bits per heavy atom. The summed E-state index contributed by atoms with van der Waals surface area (Å²) in [5.74, 6) is 0. The summed E-state index contributed by atoms with van der Waals surface area (Å²) in [6.45, 7) is 9.90. The monoisotopic (exact) mass is 264 g/mol. The van der Waals surface area contributed by atoms with E-state index in [1.165, 1.54) is 5.56 Å². The smallest absolute Gasteiger partial charge is 0.0575 e. The van der Waals surface area contributed by atoms with E-state index >= 15 is 0 Å². The molecule has 4 N–H and O–H groups in total. The normalized spacial score (nSPS) is 22.8. The van der Waals surface area contributed by atoms with Crippen molar-refractivity contribution in [2.75, 3.05) is 0 Å². The largest absolute Gasteiger partial charge is 0.393 e. The molecule has 1 aromatic carbocycles. The molecule has 0 bridgehead atoms. The highest BCUT2D eigenvalue weighted by atomic mass is 16.3. The van der Waals surface area contributed by atoms with Crippen molar-refractivity contribution in [3.63, 3.8) is 0 Å². The van der Waals surface area contributed by atoms with E-state index in [0.29, 0.717) is 0 Å². The maximum absolute atomic E-state index is 10.0. The number of aliphatic hydroxyl groups is 1. The average molecular weight is 264 g/mol. The molecule has 3 heteroatoms. The Labute approximate surface area is 117 Å².